The van der Waals surface area contributed by atoms with E-state index in [2.05, 4.69) is 8.92 Å². The Hall–Kier alpha value is -2.76. The van der Waals surface area contributed by atoms with E-state index in [1.165, 1.54) is 0 Å². The van der Waals surface area contributed by atoms with Gasteiger partial charge in [0.05, 0.1) is 25.8 Å². The van der Waals surface area contributed by atoms with Crippen molar-refractivity contribution in [2.24, 2.45) is 0 Å². The number of halogens is 3. The first-order valence-electron chi connectivity index (χ1n) is 7.32. The van der Waals surface area contributed by atoms with E-state index < -0.39 is 52.1 Å². The highest BCUT2D eigenvalue weighted by Gasteiger charge is 2.50. The lowest BCUT2D eigenvalue weighted by Crippen LogP contribution is -2.31. The third kappa shape index (κ3) is 4.90. The minimum atomic E-state index is -6.00. The number of hydrogen-bond acceptors (Lipinski definition) is 7. The Morgan fingerprint density at radius 1 is 1.15 bits per heavy atom. The van der Waals surface area contributed by atoms with Gasteiger partial charge < -0.3 is 13.7 Å². The van der Waals surface area contributed by atoms with E-state index in [1.807, 2.05) is 0 Å². The zero-order chi connectivity index (χ0) is 20.2. The molecule has 1 aromatic carbocycles. The van der Waals surface area contributed by atoms with Gasteiger partial charge in [0.25, 0.3) is 0 Å². The van der Waals surface area contributed by atoms with E-state index in [1.54, 1.807) is 30.3 Å². The second-order valence-electron chi connectivity index (χ2n) is 5.27. The number of hydrogen-bond donors (Lipinski definition) is 0. The van der Waals surface area contributed by atoms with Gasteiger partial charge in [-0.3, -0.25) is 4.90 Å². The first-order valence-corrected chi connectivity index (χ1v) is 8.72. The number of amides is 1. The highest BCUT2D eigenvalue weighted by Crippen LogP contribution is 2.30. The van der Waals surface area contributed by atoms with Crippen molar-refractivity contribution in [1.82, 2.24) is 4.90 Å². The number of ether oxygens (including phenoxy) is 2. The molecule has 0 aromatic heterocycles. The van der Waals surface area contributed by atoms with Crippen LogP contribution in [-0.2, 0) is 35.2 Å². The van der Waals surface area contributed by atoms with E-state index in [4.69, 9.17) is 4.74 Å². The molecule has 0 spiro atoms. The van der Waals surface area contributed by atoms with E-state index >= 15 is 0 Å². The van der Waals surface area contributed by atoms with Crippen molar-refractivity contribution in [1.29, 1.82) is 0 Å². The minimum absolute atomic E-state index is 0.124. The summed E-state index contributed by atoms with van der Waals surface area (Å²) < 4.78 is 73.3. The van der Waals surface area contributed by atoms with Gasteiger partial charge in [-0.25, -0.2) is 9.59 Å². The number of benzene rings is 1. The van der Waals surface area contributed by atoms with Gasteiger partial charge in [0.15, 0.2) is 5.76 Å². The molecule has 0 unspecified atom stereocenters. The number of rotatable bonds is 5. The summed E-state index contributed by atoms with van der Waals surface area (Å²) in [5.74, 6) is -1.98. The molecular weight excluding hydrogens is 395 g/mol. The van der Waals surface area contributed by atoms with Crippen LogP contribution in [0.1, 0.15) is 5.56 Å². The van der Waals surface area contributed by atoms with Crippen molar-refractivity contribution in [3.8, 4) is 0 Å². The summed E-state index contributed by atoms with van der Waals surface area (Å²) in [6.07, 6.45) is -0.969. The molecule has 148 valence electrons. The Labute approximate surface area is 152 Å². The van der Waals surface area contributed by atoms with E-state index in [-0.39, 0.29) is 6.61 Å². The summed E-state index contributed by atoms with van der Waals surface area (Å²) in [6, 6.07) is 8.54. The molecule has 0 saturated carbocycles. The number of carbonyl (C=O) groups is 2. The lowest BCUT2D eigenvalue weighted by Gasteiger charge is -2.16. The van der Waals surface area contributed by atoms with E-state index in [0.717, 1.165) is 12.0 Å². The maximum absolute atomic E-state index is 12.5. The van der Waals surface area contributed by atoms with Crippen LogP contribution in [0.15, 0.2) is 41.7 Å². The molecule has 1 aromatic rings. The molecule has 1 heterocycles. The molecule has 0 bridgehead atoms. The van der Waals surface area contributed by atoms with Crippen molar-refractivity contribution in [2.75, 3.05) is 20.2 Å². The molecule has 27 heavy (non-hydrogen) atoms. The predicted octanol–water partition coefficient (Wildman–Crippen LogP) is 1.93. The maximum Gasteiger partial charge on any atom is 0.534 e. The topological polar surface area (TPSA) is 99.2 Å². The molecule has 0 N–H and O–H groups in total. The second kappa shape index (κ2) is 7.86. The highest BCUT2D eigenvalue weighted by molar-refractivity contribution is 7.87. The molecule has 8 nitrogen and oxygen atoms in total. The van der Waals surface area contributed by atoms with Crippen LogP contribution in [0.2, 0.25) is 0 Å². The quantitative estimate of drug-likeness (QED) is 0.416. The fraction of sp³-hybridized carbons (Fsp3) is 0.333. The molecule has 0 fully saturated rings. The van der Waals surface area contributed by atoms with Gasteiger partial charge in [-0.05, 0) is 5.56 Å². The smallest absolute Gasteiger partial charge is 0.466 e. The van der Waals surface area contributed by atoms with E-state index in [9.17, 15) is 31.2 Å². The second-order valence-corrected chi connectivity index (χ2v) is 6.81. The number of methoxy groups -OCH3 is 1. The van der Waals surface area contributed by atoms with Gasteiger partial charge >= 0.3 is 27.7 Å². The monoisotopic (exact) mass is 409 g/mol. The third-order valence-corrected chi connectivity index (χ3v) is 4.40. The van der Waals surface area contributed by atoms with Crippen LogP contribution >= 0.6 is 0 Å². The summed E-state index contributed by atoms with van der Waals surface area (Å²) in [5.41, 5.74) is -5.56. The summed E-state index contributed by atoms with van der Waals surface area (Å²) in [7, 11) is -5.06. The summed E-state index contributed by atoms with van der Waals surface area (Å²) in [4.78, 5) is 24.6. The van der Waals surface area contributed by atoms with Gasteiger partial charge in [0, 0.05) is 0 Å². The molecule has 2 rings (SSSR count). The van der Waals surface area contributed by atoms with Crippen molar-refractivity contribution < 1.29 is 44.8 Å². The highest BCUT2D eigenvalue weighted by atomic mass is 32.2. The summed E-state index contributed by atoms with van der Waals surface area (Å²) in [5, 5.41) is 0. The van der Waals surface area contributed by atoms with Gasteiger partial charge in [-0.15, -0.1) is 0 Å². The van der Waals surface area contributed by atoms with Gasteiger partial charge in [0.1, 0.15) is 6.61 Å². The van der Waals surface area contributed by atoms with Crippen LogP contribution < -0.4 is 0 Å². The molecule has 1 amide bonds. The number of esters is 1. The van der Waals surface area contributed by atoms with Crippen LogP contribution in [0.25, 0.3) is 0 Å². The van der Waals surface area contributed by atoms with Gasteiger partial charge in [-0.1, -0.05) is 30.3 Å². The van der Waals surface area contributed by atoms with E-state index in [0.29, 0.717) is 5.56 Å². The Balaban J connectivity index is 2.11. The normalized spacial score (nSPS) is 14.9. The van der Waals surface area contributed by atoms with Crippen molar-refractivity contribution >= 4 is 22.2 Å². The Kier molecular flexibility index (Phi) is 5.98. The van der Waals surface area contributed by atoms with Crippen LogP contribution in [0, 0.1) is 0 Å². The Bertz CT molecular complexity index is 850. The lowest BCUT2D eigenvalue weighted by molar-refractivity contribution is -0.136. The number of carbonyl (C=O) groups excluding carboxylic acids is 2. The average Bonchev–Trinajstić information content (AvgIpc) is 3.02. The summed E-state index contributed by atoms with van der Waals surface area (Å²) >= 11 is 0. The van der Waals surface area contributed by atoms with Crippen LogP contribution in [-0.4, -0.2) is 51.1 Å². The third-order valence-electron chi connectivity index (χ3n) is 3.41. The van der Waals surface area contributed by atoms with Gasteiger partial charge in [-0.2, -0.15) is 21.6 Å². The molecule has 1 aliphatic heterocycles. The Morgan fingerprint density at radius 3 is 2.33 bits per heavy atom. The van der Waals surface area contributed by atoms with Crippen LogP contribution in [0.4, 0.5) is 18.0 Å². The first kappa shape index (κ1) is 20.6. The largest absolute Gasteiger partial charge is 0.534 e. The molecule has 0 saturated heterocycles. The fourth-order valence-electron chi connectivity index (χ4n) is 2.10. The first-order chi connectivity index (χ1) is 12.5. The molecule has 0 radical (unpaired) electrons. The standard InChI is InChI=1S/C15H14F3NO7S/c1-24-13(20)11-7-19(8-12(11)26-27(22,23)15(16,17)18)14(21)25-9-10-5-3-2-4-6-10/h2-6H,7-9H2,1H3. The summed E-state index contributed by atoms with van der Waals surface area (Å²) in [6.45, 7) is -1.35. The zero-order valence-electron chi connectivity index (χ0n) is 13.9. The molecule has 0 aliphatic carbocycles. The SMILES string of the molecule is COC(=O)C1=C(OS(=O)(=O)C(F)(F)F)CN(C(=O)OCc2ccccc2)C1. The molecular formula is C15H14F3NO7S. The number of nitrogens with zero attached hydrogens (tertiary/aromatic N) is 1. The van der Waals surface area contributed by atoms with Crippen molar-refractivity contribution in [3.63, 3.8) is 0 Å². The van der Waals surface area contributed by atoms with Crippen molar-refractivity contribution in [3.05, 3.63) is 47.2 Å². The predicted molar refractivity (Wildman–Crippen MR) is 83.3 cm³/mol. The van der Waals surface area contributed by atoms with Crippen LogP contribution in [0.3, 0.4) is 0 Å². The molecule has 0 atom stereocenters. The lowest BCUT2D eigenvalue weighted by atomic mass is 10.2. The maximum atomic E-state index is 12.5. The van der Waals surface area contributed by atoms with Crippen molar-refractivity contribution in [2.45, 2.75) is 12.1 Å². The zero-order valence-corrected chi connectivity index (χ0v) is 14.7. The minimum Gasteiger partial charge on any atom is -0.466 e. The average molecular weight is 409 g/mol. The molecule has 12 heteroatoms. The fourth-order valence-corrected chi connectivity index (χ4v) is 2.61. The Morgan fingerprint density at radius 2 is 1.78 bits per heavy atom. The van der Waals surface area contributed by atoms with Crippen LogP contribution in [0.5, 0.6) is 0 Å². The number of alkyl halides is 3. The van der Waals surface area contributed by atoms with Gasteiger partial charge in [0.2, 0.25) is 0 Å². The molecule has 1 aliphatic rings.